The average Bonchev–Trinajstić information content (AvgIpc) is 2.05. The summed E-state index contributed by atoms with van der Waals surface area (Å²) in [6.45, 7) is 1.74. The quantitative estimate of drug-likeness (QED) is 0.772. The van der Waals surface area contributed by atoms with E-state index >= 15 is 0 Å². The van der Waals surface area contributed by atoms with E-state index in [2.05, 4.69) is 9.97 Å². The van der Waals surface area contributed by atoms with Crippen molar-refractivity contribution in [3.05, 3.63) is 18.1 Å². The molecule has 1 aromatic rings. The van der Waals surface area contributed by atoms with E-state index in [1.165, 1.54) is 0 Å². The first kappa shape index (κ1) is 8.77. The summed E-state index contributed by atoms with van der Waals surface area (Å²) in [6.07, 6.45) is 3.31. The van der Waals surface area contributed by atoms with Gasteiger partial charge >= 0.3 is 0 Å². The predicted octanol–water partition coefficient (Wildman–Crippen LogP) is 0.691. The second-order valence-corrected chi connectivity index (χ2v) is 4.19. The van der Waals surface area contributed by atoms with Crippen LogP contribution in [-0.2, 0) is 10.5 Å². The highest BCUT2D eigenvalue weighted by Crippen LogP contribution is 2.22. The van der Waals surface area contributed by atoms with Crippen LogP contribution in [-0.4, -0.2) is 28.4 Å². The number of thioether (sulfide) groups is 1. The molecule has 70 valence electrons. The van der Waals surface area contributed by atoms with Gasteiger partial charge in [-0.1, -0.05) is 0 Å². The number of hydrogen-bond acceptors (Lipinski definition) is 5. The number of hydrogen-bond donors (Lipinski definition) is 1. The summed E-state index contributed by atoms with van der Waals surface area (Å²) in [5.41, 5.74) is 6.40. The lowest BCUT2D eigenvalue weighted by molar-refractivity contribution is 0.0455. The Morgan fingerprint density at radius 3 is 2.85 bits per heavy atom. The van der Waals surface area contributed by atoms with Gasteiger partial charge in [0.2, 0.25) is 0 Å². The zero-order valence-electron chi connectivity index (χ0n) is 7.14. The largest absolute Gasteiger partial charge is 0.382 e. The number of nitrogens with two attached hydrogens (primary N) is 1. The minimum Gasteiger partial charge on any atom is -0.382 e. The summed E-state index contributed by atoms with van der Waals surface area (Å²) >= 11 is 1.85. The number of anilines is 1. The van der Waals surface area contributed by atoms with Crippen LogP contribution in [0.25, 0.3) is 0 Å². The average molecular weight is 197 g/mol. The molecule has 1 saturated heterocycles. The number of nitrogens with zero attached hydrogens (tertiary/aromatic N) is 2. The molecule has 0 bridgehead atoms. The third-order valence-electron chi connectivity index (χ3n) is 1.80. The van der Waals surface area contributed by atoms with Crippen LogP contribution in [0.15, 0.2) is 12.4 Å². The van der Waals surface area contributed by atoms with E-state index in [4.69, 9.17) is 10.5 Å². The van der Waals surface area contributed by atoms with Crippen LogP contribution in [0.1, 0.15) is 5.69 Å². The van der Waals surface area contributed by atoms with Gasteiger partial charge in [-0.15, -0.1) is 11.8 Å². The minimum absolute atomic E-state index is 0.473. The molecule has 0 unspecified atom stereocenters. The van der Waals surface area contributed by atoms with E-state index in [1.54, 1.807) is 12.4 Å². The van der Waals surface area contributed by atoms with E-state index in [1.807, 2.05) is 11.8 Å². The minimum atomic E-state index is 0.473. The normalized spacial score (nSPS) is 16.9. The predicted molar refractivity (Wildman–Crippen MR) is 52.3 cm³/mol. The molecule has 0 spiro atoms. The molecule has 2 rings (SSSR count). The second-order valence-electron chi connectivity index (χ2n) is 2.90. The zero-order valence-corrected chi connectivity index (χ0v) is 7.96. The van der Waals surface area contributed by atoms with Crippen molar-refractivity contribution in [2.45, 2.75) is 11.0 Å². The lowest BCUT2D eigenvalue weighted by atomic mass is 10.4. The van der Waals surface area contributed by atoms with Crippen molar-refractivity contribution in [3.8, 4) is 0 Å². The zero-order chi connectivity index (χ0) is 9.10. The molecule has 0 atom stereocenters. The van der Waals surface area contributed by atoms with E-state index < -0.39 is 0 Å². The van der Waals surface area contributed by atoms with Crippen molar-refractivity contribution in [1.29, 1.82) is 0 Å². The second kappa shape index (κ2) is 3.93. The van der Waals surface area contributed by atoms with Crippen molar-refractivity contribution in [2.24, 2.45) is 0 Å². The molecule has 1 fully saturated rings. The van der Waals surface area contributed by atoms with Crippen LogP contribution in [0.5, 0.6) is 0 Å². The monoisotopic (exact) mass is 197 g/mol. The first-order chi connectivity index (χ1) is 6.34. The third-order valence-corrected chi connectivity index (χ3v) is 3.01. The van der Waals surface area contributed by atoms with Gasteiger partial charge in [0.05, 0.1) is 36.6 Å². The lowest BCUT2D eigenvalue weighted by Gasteiger charge is -2.24. The molecule has 0 aromatic carbocycles. The molecule has 2 N–H and O–H groups in total. The van der Waals surface area contributed by atoms with Crippen LogP contribution in [0.2, 0.25) is 0 Å². The first-order valence-corrected chi connectivity index (χ1v) is 5.15. The molecule has 1 aliphatic heterocycles. The molecule has 13 heavy (non-hydrogen) atoms. The molecule has 2 heterocycles. The third kappa shape index (κ3) is 2.32. The van der Waals surface area contributed by atoms with Crippen LogP contribution >= 0.6 is 11.8 Å². The SMILES string of the molecule is Nc1cnc(CSC2COC2)cn1. The molecule has 0 radical (unpaired) electrons. The van der Waals surface area contributed by atoms with Gasteiger partial charge in [-0.25, -0.2) is 4.98 Å². The van der Waals surface area contributed by atoms with Crippen LogP contribution < -0.4 is 5.73 Å². The highest BCUT2D eigenvalue weighted by atomic mass is 32.2. The topological polar surface area (TPSA) is 61.0 Å². The van der Waals surface area contributed by atoms with E-state index in [9.17, 15) is 0 Å². The Morgan fingerprint density at radius 1 is 1.46 bits per heavy atom. The van der Waals surface area contributed by atoms with Gasteiger partial charge < -0.3 is 10.5 Å². The Kier molecular flexibility index (Phi) is 2.65. The maximum absolute atomic E-state index is 5.42. The lowest BCUT2D eigenvalue weighted by Crippen LogP contribution is -2.30. The van der Waals surface area contributed by atoms with Crippen molar-refractivity contribution >= 4 is 17.6 Å². The summed E-state index contributed by atoms with van der Waals surface area (Å²) in [6, 6.07) is 0. The molecule has 4 nitrogen and oxygen atoms in total. The highest BCUT2D eigenvalue weighted by Gasteiger charge is 2.18. The number of aromatic nitrogens is 2. The fraction of sp³-hybridized carbons (Fsp3) is 0.500. The van der Waals surface area contributed by atoms with Gasteiger partial charge in [0.1, 0.15) is 5.82 Å². The fourth-order valence-corrected chi connectivity index (χ4v) is 1.89. The molecule has 0 saturated carbocycles. The van der Waals surface area contributed by atoms with Gasteiger partial charge in [-0.2, -0.15) is 0 Å². The van der Waals surface area contributed by atoms with Gasteiger partial charge in [0.25, 0.3) is 0 Å². The summed E-state index contributed by atoms with van der Waals surface area (Å²) in [5.74, 6) is 1.36. The van der Waals surface area contributed by atoms with Crippen molar-refractivity contribution in [3.63, 3.8) is 0 Å². The van der Waals surface area contributed by atoms with Crippen LogP contribution in [0, 0.1) is 0 Å². The molecule has 1 aliphatic rings. The van der Waals surface area contributed by atoms with E-state index in [0.717, 1.165) is 24.7 Å². The highest BCUT2D eigenvalue weighted by molar-refractivity contribution is 7.99. The van der Waals surface area contributed by atoms with Crippen molar-refractivity contribution < 1.29 is 4.74 Å². The van der Waals surface area contributed by atoms with Gasteiger partial charge in [-0.05, 0) is 0 Å². The first-order valence-electron chi connectivity index (χ1n) is 4.10. The molecular formula is C8H11N3OS. The smallest absolute Gasteiger partial charge is 0.141 e. The van der Waals surface area contributed by atoms with Gasteiger partial charge in [-0.3, -0.25) is 4.98 Å². The number of ether oxygens (including phenoxy) is 1. The number of rotatable bonds is 3. The van der Waals surface area contributed by atoms with Crippen molar-refractivity contribution in [1.82, 2.24) is 9.97 Å². The number of nitrogen functional groups attached to an aromatic ring is 1. The summed E-state index contributed by atoms with van der Waals surface area (Å²) < 4.78 is 5.07. The van der Waals surface area contributed by atoms with E-state index in [-0.39, 0.29) is 0 Å². The fourth-order valence-electron chi connectivity index (χ4n) is 0.953. The maximum atomic E-state index is 5.42. The summed E-state index contributed by atoms with van der Waals surface area (Å²) in [5, 5.41) is 0.638. The Morgan fingerprint density at radius 2 is 2.31 bits per heavy atom. The van der Waals surface area contributed by atoms with Crippen LogP contribution in [0.3, 0.4) is 0 Å². The standard InChI is InChI=1S/C8H11N3OS/c9-8-2-10-6(1-11-8)5-13-7-3-12-4-7/h1-2,7H,3-5H2,(H2,9,11). The van der Waals surface area contributed by atoms with Crippen molar-refractivity contribution in [2.75, 3.05) is 18.9 Å². The summed E-state index contributed by atoms with van der Waals surface area (Å²) in [7, 11) is 0. The molecule has 1 aromatic heterocycles. The Bertz CT molecular complexity index is 273. The Labute approximate surface area is 80.9 Å². The Balaban J connectivity index is 1.83. The van der Waals surface area contributed by atoms with E-state index in [0.29, 0.717) is 11.1 Å². The van der Waals surface area contributed by atoms with Gasteiger partial charge in [0.15, 0.2) is 0 Å². The molecular weight excluding hydrogens is 186 g/mol. The molecule has 5 heteroatoms. The summed E-state index contributed by atoms with van der Waals surface area (Å²) in [4.78, 5) is 8.13. The van der Waals surface area contributed by atoms with Gasteiger partial charge in [0, 0.05) is 5.75 Å². The molecule has 0 amide bonds. The Hall–Kier alpha value is -0.810. The van der Waals surface area contributed by atoms with Crippen LogP contribution in [0.4, 0.5) is 5.82 Å². The molecule has 0 aliphatic carbocycles. The maximum Gasteiger partial charge on any atom is 0.141 e.